The number of tetrazole rings is 1. The second-order valence-corrected chi connectivity index (χ2v) is 6.42. The van der Waals surface area contributed by atoms with Gasteiger partial charge in [-0.15, -0.1) is 5.10 Å². The zero-order chi connectivity index (χ0) is 19.9. The molecule has 1 aromatic heterocycles. The lowest BCUT2D eigenvalue weighted by Gasteiger charge is -2.11. The third-order valence-electron chi connectivity index (χ3n) is 3.76. The van der Waals surface area contributed by atoms with Gasteiger partial charge in [-0.1, -0.05) is 11.8 Å². The first kappa shape index (κ1) is 19.5. The molecule has 0 radical (unpaired) electrons. The molecule has 0 saturated carbocycles. The number of nitrogens with one attached hydrogen (secondary N) is 1. The number of amides is 1. The predicted octanol–water partition coefficient (Wildman–Crippen LogP) is 2.42. The number of benzene rings is 2. The molecule has 3 aromatic rings. The molecular weight excluding hydrogens is 382 g/mol. The lowest BCUT2D eigenvalue weighted by Crippen LogP contribution is -2.14. The van der Waals surface area contributed by atoms with E-state index in [9.17, 15) is 4.79 Å². The van der Waals surface area contributed by atoms with Crippen LogP contribution >= 0.6 is 11.8 Å². The van der Waals surface area contributed by atoms with Gasteiger partial charge in [0, 0.05) is 11.8 Å². The first-order valence-electron chi connectivity index (χ1n) is 8.22. The van der Waals surface area contributed by atoms with Crippen molar-refractivity contribution in [2.24, 2.45) is 0 Å². The molecule has 0 bridgehead atoms. The molecule has 0 aliphatic carbocycles. The molecule has 0 unspecified atom stereocenters. The number of nitrogens with zero attached hydrogens (tertiary/aromatic N) is 4. The number of carbonyl (C=O) groups is 1. The van der Waals surface area contributed by atoms with Crippen LogP contribution in [0.25, 0.3) is 5.69 Å². The van der Waals surface area contributed by atoms with Gasteiger partial charge >= 0.3 is 0 Å². The lowest BCUT2D eigenvalue weighted by atomic mass is 10.3. The number of aromatic nitrogens is 4. The number of thioether (sulfide) groups is 1. The third-order valence-corrected chi connectivity index (χ3v) is 4.68. The summed E-state index contributed by atoms with van der Waals surface area (Å²) < 4.78 is 17.2. The fourth-order valence-corrected chi connectivity index (χ4v) is 3.07. The standard InChI is InChI=1S/C18H19N5O4S/c1-25-13-6-4-12(5-7-13)19-17(24)11-28-18-20-21-22-23(18)15-9-8-14(26-2)10-16(15)27-3/h4-10H,11H2,1-3H3,(H,19,24). The fraction of sp³-hybridized carbons (Fsp3) is 0.222. The Balaban J connectivity index is 1.68. The molecule has 1 N–H and O–H groups in total. The Morgan fingerprint density at radius 1 is 1.04 bits per heavy atom. The molecule has 0 saturated heterocycles. The molecule has 1 heterocycles. The van der Waals surface area contributed by atoms with Gasteiger partial charge in [0.1, 0.15) is 22.9 Å². The minimum Gasteiger partial charge on any atom is -0.497 e. The molecule has 3 rings (SSSR count). The number of hydrogen-bond donors (Lipinski definition) is 1. The highest BCUT2D eigenvalue weighted by Crippen LogP contribution is 2.29. The Labute approximate surface area is 166 Å². The van der Waals surface area contributed by atoms with Crippen molar-refractivity contribution in [3.05, 3.63) is 42.5 Å². The van der Waals surface area contributed by atoms with Crippen LogP contribution in [0.1, 0.15) is 0 Å². The molecule has 0 fully saturated rings. The summed E-state index contributed by atoms with van der Waals surface area (Å²) >= 11 is 1.22. The van der Waals surface area contributed by atoms with Gasteiger partial charge in [0.05, 0.1) is 27.1 Å². The van der Waals surface area contributed by atoms with E-state index < -0.39 is 0 Å². The summed E-state index contributed by atoms with van der Waals surface area (Å²) in [7, 11) is 4.72. The van der Waals surface area contributed by atoms with Crippen molar-refractivity contribution >= 4 is 23.4 Å². The minimum atomic E-state index is -0.175. The number of methoxy groups -OCH3 is 3. The molecule has 146 valence electrons. The average molecular weight is 401 g/mol. The van der Waals surface area contributed by atoms with Crippen LogP contribution in [0.3, 0.4) is 0 Å². The maximum absolute atomic E-state index is 12.2. The molecule has 0 aliphatic rings. The highest BCUT2D eigenvalue weighted by Gasteiger charge is 2.15. The zero-order valence-electron chi connectivity index (χ0n) is 15.6. The SMILES string of the molecule is COc1ccc(NC(=O)CSc2nnnn2-c2ccc(OC)cc2OC)cc1. The minimum absolute atomic E-state index is 0.144. The quantitative estimate of drug-likeness (QED) is 0.575. The van der Waals surface area contributed by atoms with E-state index >= 15 is 0 Å². The number of carbonyl (C=O) groups excluding carboxylic acids is 1. The average Bonchev–Trinajstić information content (AvgIpc) is 3.20. The Bertz CT molecular complexity index is 945. The summed E-state index contributed by atoms with van der Waals surface area (Å²) in [5, 5.41) is 15.0. The first-order chi connectivity index (χ1) is 13.6. The van der Waals surface area contributed by atoms with Crippen molar-refractivity contribution in [1.29, 1.82) is 0 Å². The van der Waals surface area contributed by atoms with Gasteiger partial charge in [0.2, 0.25) is 11.1 Å². The topological polar surface area (TPSA) is 100 Å². The van der Waals surface area contributed by atoms with E-state index in [1.165, 1.54) is 16.4 Å². The van der Waals surface area contributed by atoms with Crippen molar-refractivity contribution < 1.29 is 19.0 Å². The van der Waals surface area contributed by atoms with Gasteiger partial charge in [-0.25, -0.2) is 0 Å². The lowest BCUT2D eigenvalue weighted by molar-refractivity contribution is -0.113. The summed E-state index contributed by atoms with van der Waals surface area (Å²) in [5.41, 5.74) is 1.33. The first-order valence-corrected chi connectivity index (χ1v) is 9.20. The van der Waals surface area contributed by atoms with Crippen LogP contribution in [-0.2, 0) is 4.79 Å². The predicted molar refractivity (Wildman–Crippen MR) is 105 cm³/mol. The van der Waals surface area contributed by atoms with E-state index in [1.54, 1.807) is 63.8 Å². The van der Waals surface area contributed by atoms with Crippen molar-refractivity contribution in [2.45, 2.75) is 5.16 Å². The van der Waals surface area contributed by atoms with Gasteiger partial charge in [-0.2, -0.15) is 4.68 Å². The molecule has 28 heavy (non-hydrogen) atoms. The third kappa shape index (κ3) is 4.52. The summed E-state index contributed by atoms with van der Waals surface area (Å²) in [6.07, 6.45) is 0. The molecule has 9 nitrogen and oxygen atoms in total. The van der Waals surface area contributed by atoms with E-state index in [4.69, 9.17) is 14.2 Å². The summed E-state index contributed by atoms with van der Waals surface area (Å²) in [5.74, 6) is 1.90. The van der Waals surface area contributed by atoms with Crippen LogP contribution in [0.15, 0.2) is 47.6 Å². The van der Waals surface area contributed by atoms with Gasteiger partial charge in [0.25, 0.3) is 0 Å². The molecule has 0 spiro atoms. The second kappa shape index (κ2) is 9.09. The zero-order valence-corrected chi connectivity index (χ0v) is 16.4. The Morgan fingerprint density at radius 3 is 2.43 bits per heavy atom. The van der Waals surface area contributed by atoms with Gasteiger partial charge < -0.3 is 19.5 Å². The Kier molecular flexibility index (Phi) is 6.33. The Hall–Kier alpha value is -3.27. The van der Waals surface area contributed by atoms with Crippen LogP contribution < -0.4 is 19.5 Å². The largest absolute Gasteiger partial charge is 0.497 e. The molecule has 1 amide bonds. The smallest absolute Gasteiger partial charge is 0.234 e. The highest BCUT2D eigenvalue weighted by atomic mass is 32.2. The molecule has 0 atom stereocenters. The van der Waals surface area contributed by atoms with E-state index in [0.717, 1.165) is 5.75 Å². The number of anilines is 1. The van der Waals surface area contributed by atoms with Crippen LogP contribution in [0, 0.1) is 0 Å². The van der Waals surface area contributed by atoms with Crippen molar-refractivity contribution in [3.63, 3.8) is 0 Å². The molecule has 2 aromatic carbocycles. The van der Waals surface area contributed by atoms with E-state index in [1.807, 2.05) is 0 Å². The normalized spacial score (nSPS) is 10.4. The van der Waals surface area contributed by atoms with Crippen molar-refractivity contribution in [1.82, 2.24) is 20.2 Å². The highest BCUT2D eigenvalue weighted by molar-refractivity contribution is 7.99. The fourth-order valence-electron chi connectivity index (χ4n) is 2.38. The van der Waals surface area contributed by atoms with Gasteiger partial charge in [-0.05, 0) is 46.8 Å². The van der Waals surface area contributed by atoms with Crippen molar-refractivity contribution in [2.75, 3.05) is 32.4 Å². The van der Waals surface area contributed by atoms with Crippen LogP contribution in [-0.4, -0.2) is 53.2 Å². The van der Waals surface area contributed by atoms with Crippen LogP contribution in [0.4, 0.5) is 5.69 Å². The number of ether oxygens (including phenoxy) is 3. The molecule has 10 heteroatoms. The van der Waals surface area contributed by atoms with Crippen molar-refractivity contribution in [3.8, 4) is 22.9 Å². The van der Waals surface area contributed by atoms with E-state index in [0.29, 0.717) is 28.0 Å². The Morgan fingerprint density at radius 2 is 1.75 bits per heavy atom. The summed E-state index contributed by atoms with van der Waals surface area (Å²) in [4.78, 5) is 12.2. The maximum Gasteiger partial charge on any atom is 0.234 e. The monoisotopic (exact) mass is 401 g/mol. The summed E-state index contributed by atoms with van der Waals surface area (Å²) in [6, 6.07) is 12.4. The van der Waals surface area contributed by atoms with Gasteiger partial charge in [0.15, 0.2) is 0 Å². The second-order valence-electron chi connectivity index (χ2n) is 5.48. The van der Waals surface area contributed by atoms with E-state index in [2.05, 4.69) is 20.8 Å². The maximum atomic E-state index is 12.2. The molecular formula is C18H19N5O4S. The van der Waals surface area contributed by atoms with Crippen LogP contribution in [0.5, 0.6) is 17.2 Å². The number of rotatable bonds is 8. The number of hydrogen-bond acceptors (Lipinski definition) is 8. The van der Waals surface area contributed by atoms with Gasteiger partial charge in [-0.3, -0.25) is 4.79 Å². The molecule has 0 aliphatic heterocycles. The van der Waals surface area contributed by atoms with E-state index in [-0.39, 0.29) is 11.7 Å². The van der Waals surface area contributed by atoms with Crippen LogP contribution in [0.2, 0.25) is 0 Å². The summed E-state index contributed by atoms with van der Waals surface area (Å²) in [6.45, 7) is 0.